The zero-order valence-corrected chi connectivity index (χ0v) is 40.3. The Morgan fingerprint density at radius 2 is 0.806 bits per heavy atom. The summed E-state index contributed by atoms with van der Waals surface area (Å²) in [6, 6.07) is 61.3. The minimum Gasteiger partial charge on any atom is -0.483 e. The normalized spacial score (nSPS) is 14.1. The molecule has 9 rings (SSSR count). The Morgan fingerprint density at radius 3 is 1.24 bits per heavy atom. The Balaban J connectivity index is 0.994. The van der Waals surface area contributed by atoms with Gasteiger partial charge in [-0.1, -0.05) is 142 Å². The molecular weight excluding hydrogens is 869 g/mol. The maximum atomic E-state index is 13.6. The summed E-state index contributed by atoms with van der Waals surface area (Å²) in [5.41, 5.74) is 8.32. The highest BCUT2D eigenvalue weighted by Crippen LogP contribution is 2.56. The highest BCUT2D eigenvalue weighted by atomic mass is 32.2. The van der Waals surface area contributed by atoms with Gasteiger partial charge in [-0.05, 0) is 162 Å². The van der Waals surface area contributed by atoms with Gasteiger partial charge in [0, 0.05) is 0 Å². The molecule has 8 aromatic carbocycles. The molecule has 338 valence electrons. The molecular formula is C59H54O6S2. The highest BCUT2D eigenvalue weighted by Gasteiger charge is 2.46. The second kappa shape index (κ2) is 17.5. The van der Waals surface area contributed by atoms with Crippen LogP contribution in [0.1, 0.15) is 86.4 Å². The van der Waals surface area contributed by atoms with E-state index in [-0.39, 0.29) is 25.0 Å². The van der Waals surface area contributed by atoms with E-state index >= 15 is 0 Å². The topological polar surface area (TPSA) is 86.7 Å². The number of hydrogen-bond acceptors (Lipinski definition) is 6. The smallest absolute Gasteiger partial charge is 0.206 e. The first-order valence-electron chi connectivity index (χ1n) is 22.8. The van der Waals surface area contributed by atoms with Crippen LogP contribution < -0.4 is 9.47 Å². The van der Waals surface area contributed by atoms with E-state index in [1.54, 1.807) is 60.7 Å². The van der Waals surface area contributed by atoms with Crippen LogP contribution in [-0.4, -0.2) is 16.8 Å². The predicted molar refractivity (Wildman–Crippen MR) is 267 cm³/mol. The predicted octanol–water partition coefficient (Wildman–Crippen LogP) is 14.2. The average molecular weight is 923 g/mol. The van der Waals surface area contributed by atoms with E-state index in [4.69, 9.17) is 9.47 Å². The molecule has 0 bridgehead atoms. The fraction of sp³-hybridized carbons (Fsp3) is 0.186. The minimum atomic E-state index is -3.72. The molecule has 0 aromatic heterocycles. The third kappa shape index (κ3) is 8.17. The van der Waals surface area contributed by atoms with Gasteiger partial charge < -0.3 is 9.47 Å². The van der Waals surface area contributed by atoms with Crippen LogP contribution in [0.4, 0.5) is 0 Å². The summed E-state index contributed by atoms with van der Waals surface area (Å²) >= 11 is 0. The maximum Gasteiger partial charge on any atom is 0.206 e. The van der Waals surface area contributed by atoms with Gasteiger partial charge in [0.2, 0.25) is 19.7 Å². The molecule has 67 heavy (non-hydrogen) atoms. The van der Waals surface area contributed by atoms with Crippen molar-refractivity contribution < 1.29 is 26.3 Å². The number of benzene rings is 8. The first kappa shape index (κ1) is 45.4. The molecule has 1 aliphatic carbocycles. The van der Waals surface area contributed by atoms with Crippen molar-refractivity contribution in [3.05, 3.63) is 233 Å². The lowest BCUT2D eigenvalue weighted by Crippen LogP contribution is -2.29. The summed E-state index contributed by atoms with van der Waals surface area (Å²) in [7, 11) is -7.39. The van der Waals surface area contributed by atoms with Gasteiger partial charge >= 0.3 is 0 Å². The van der Waals surface area contributed by atoms with Gasteiger partial charge in [-0.2, -0.15) is 0 Å². The molecule has 6 nitrogen and oxygen atoms in total. The molecule has 0 amide bonds. The molecule has 1 unspecified atom stereocenters. The van der Waals surface area contributed by atoms with E-state index in [2.05, 4.69) is 100 Å². The lowest BCUT2D eigenvalue weighted by Gasteiger charge is -2.34. The lowest BCUT2D eigenvalue weighted by molar-refractivity contribution is 0.0825. The third-order valence-corrected chi connectivity index (χ3v) is 17.4. The standard InChI is InChI=1S/C59H54O6S2/c1-7-57(4,5)42-23-35-50(36-24-42)67(62,63)52-39-31-47(32-40-52)64-46-27-19-44(20-28-46)59(55-15-11-9-13-53(55)54-14-10-12-16-56(54)59)45-21-29-48(30-22-45)65-58(6,8-2)43-25-37-51(38-26-43)66(60,61)49-33-17-41(3)18-34-49/h9-40H,7-8H2,1-6H3. The van der Waals surface area contributed by atoms with Crippen molar-refractivity contribution in [2.45, 2.75) is 90.4 Å². The van der Waals surface area contributed by atoms with Crippen molar-refractivity contribution in [3.63, 3.8) is 0 Å². The molecule has 1 aliphatic rings. The molecule has 0 aliphatic heterocycles. The summed E-state index contributed by atoms with van der Waals surface area (Å²) in [5.74, 6) is 1.83. The van der Waals surface area contributed by atoms with E-state index in [0.29, 0.717) is 23.7 Å². The summed E-state index contributed by atoms with van der Waals surface area (Å²) < 4.78 is 67.2. The third-order valence-electron chi connectivity index (χ3n) is 13.9. The number of sulfone groups is 2. The number of fused-ring (bicyclic) bond motifs is 3. The van der Waals surface area contributed by atoms with Crippen LogP contribution >= 0.6 is 0 Å². The first-order chi connectivity index (χ1) is 32.1. The van der Waals surface area contributed by atoms with Crippen molar-refractivity contribution in [1.29, 1.82) is 0 Å². The van der Waals surface area contributed by atoms with Crippen LogP contribution in [0.3, 0.4) is 0 Å². The van der Waals surface area contributed by atoms with Crippen LogP contribution in [0.2, 0.25) is 0 Å². The second-order valence-corrected chi connectivity index (χ2v) is 22.2. The Kier molecular flexibility index (Phi) is 11.9. The molecule has 0 saturated carbocycles. The summed E-state index contributed by atoms with van der Waals surface area (Å²) in [5, 5.41) is 0. The molecule has 0 saturated heterocycles. The second-order valence-electron chi connectivity index (χ2n) is 18.3. The number of rotatable bonds is 14. The van der Waals surface area contributed by atoms with E-state index in [1.807, 2.05) is 74.5 Å². The molecule has 0 N–H and O–H groups in total. The van der Waals surface area contributed by atoms with Gasteiger partial charge in [-0.3, -0.25) is 0 Å². The molecule has 0 radical (unpaired) electrons. The van der Waals surface area contributed by atoms with Crippen molar-refractivity contribution in [1.82, 2.24) is 0 Å². The zero-order valence-electron chi connectivity index (χ0n) is 38.7. The number of hydrogen-bond donors (Lipinski definition) is 0. The van der Waals surface area contributed by atoms with Crippen molar-refractivity contribution >= 4 is 19.7 Å². The molecule has 0 heterocycles. The monoisotopic (exact) mass is 922 g/mol. The summed E-state index contributed by atoms with van der Waals surface area (Å²) in [6.07, 6.45) is 1.59. The van der Waals surface area contributed by atoms with Crippen molar-refractivity contribution in [2.24, 2.45) is 0 Å². The Morgan fingerprint density at radius 1 is 0.433 bits per heavy atom. The summed E-state index contributed by atoms with van der Waals surface area (Å²) in [4.78, 5) is 0.965. The molecule has 1 atom stereocenters. The first-order valence-corrected chi connectivity index (χ1v) is 25.7. The Labute approximate surface area is 395 Å². The molecule has 8 heteroatoms. The zero-order chi connectivity index (χ0) is 47.2. The quantitative estimate of drug-likeness (QED) is 0.108. The Hall–Kier alpha value is -6.74. The lowest BCUT2D eigenvalue weighted by atomic mass is 9.67. The van der Waals surface area contributed by atoms with Crippen LogP contribution in [0.5, 0.6) is 17.2 Å². The minimum absolute atomic E-state index is 0.0395. The van der Waals surface area contributed by atoms with E-state index in [0.717, 1.165) is 45.4 Å². The molecule has 0 fully saturated rings. The van der Waals surface area contributed by atoms with Crippen LogP contribution in [0.15, 0.2) is 214 Å². The van der Waals surface area contributed by atoms with E-state index < -0.39 is 30.7 Å². The van der Waals surface area contributed by atoms with Crippen LogP contribution in [0, 0.1) is 6.92 Å². The van der Waals surface area contributed by atoms with Gasteiger partial charge in [0.1, 0.15) is 22.8 Å². The Bertz CT molecular complexity index is 3240. The highest BCUT2D eigenvalue weighted by molar-refractivity contribution is 7.91. The summed E-state index contributed by atoms with van der Waals surface area (Å²) in [6.45, 7) is 12.5. The molecule has 0 spiro atoms. The molecule has 8 aromatic rings. The van der Waals surface area contributed by atoms with Gasteiger partial charge in [0.15, 0.2) is 0 Å². The van der Waals surface area contributed by atoms with Gasteiger partial charge in [-0.25, -0.2) is 16.8 Å². The number of ether oxygens (including phenoxy) is 2. The van der Waals surface area contributed by atoms with E-state index in [9.17, 15) is 16.8 Å². The van der Waals surface area contributed by atoms with Gasteiger partial charge in [0.05, 0.1) is 25.0 Å². The van der Waals surface area contributed by atoms with Crippen molar-refractivity contribution in [3.8, 4) is 28.4 Å². The largest absolute Gasteiger partial charge is 0.483 e. The fourth-order valence-corrected chi connectivity index (χ4v) is 11.8. The fourth-order valence-electron chi connectivity index (χ4n) is 9.25. The average Bonchev–Trinajstić information content (AvgIpc) is 3.66. The maximum absolute atomic E-state index is 13.6. The number of aryl methyl sites for hydroxylation is 1. The van der Waals surface area contributed by atoms with Crippen molar-refractivity contribution in [2.75, 3.05) is 0 Å². The SMILES string of the molecule is CCC(C)(C)c1ccc(S(=O)(=O)c2ccc(Oc3ccc(C4(c5ccc(OC(C)(CC)c6ccc(S(=O)(=O)c7ccc(C)cc7)cc6)cc5)c5ccccc5-c5ccccc54)cc3)cc2)cc1. The van der Waals surface area contributed by atoms with E-state index in [1.165, 1.54) is 11.1 Å². The van der Waals surface area contributed by atoms with Crippen LogP contribution in [0.25, 0.3) is 11.1 Å². The van der Waals surface area contributed by atoms with Gasteiger partial charge in [-0.15, -0.1) is 0 Å². The van der Waals surface area contributed by atoms with Crippen LogP contribution in [-0.2, 0) is 36.1 Å². The van der Waals surface area contributed by atoms with Gasteiger partial charge in [0.25, 0.3) is 0 Å².